The van der Waals surface area contributed by atoms with Crippen LogP contribution in [0.2, 0.25) is 0 Å². The van der Waals surface area contributed by atoms with E-state index in [0.717, 1.165) is 18.4 Å². The number of nitrogens with zero attached hydrogens (tertiary/aromatic N) is 1. The highest BCUT2D eigenvalue weighted by molar-refractivity contribution is 7.89. The Bertz CT molecular complexity index is 563. The Kier molecular flexibility index (Phi) is 3.38. The van der Waals surface area contributed by atoms with Crippen LogP contribution in [-0.4, -0.2) is 26.3 Å². The first-order valence-electron chi connectivity index (χ1n) is 6.16. The summed E-state index contributed by atoms with van der Waals surface area (Å²) in [6, 6.07) is 3.52. The highest BCUT2D eigenvalue weighted by Gasteiger charge is 2.31. The fourth-order valence-electron chi connectivity index (χ4n) is 2.16. The molecule has 0 bridgehead atoms. The minimum Gasteiger partial charge on any atom is -0.398 e. The van der Waals surface area contributed by atoms with Gasteiger partial charge in [-0.05, 0) is 49.8 Å². The number of rotatable bonds is 4. The molecule has 0 aromatic heterocycles. The predicted octanol–water partition coefficient (Wildman–Crippen LogP) is 1.92. The molecule has 1 aliphatic carbocycles. The molecule has 1 fully saturated rings. The van der Waals surface area contributed by atoms with Crippen LogP contribution in [0.5, 0.6) is 0 Å². The van der Waals surface area contributed by atoms with E-state index in [1.54, 1.807) is 26.1 Å². The number of hydrogen-bond donors (Lipinski definition) is 1. The molecule has 1 aromatic carbocycles. The summed E-state index contributed by atoms with van der Waals surface area (Å²) in [6.07, 6.45) is 2.27. The highest BCUT2D eigenvalue weighted by atomic mass is 32.2. The minimum atomic E-state index is -3.42. The lowest BCUT2D eigenvalue weighted by Gasteiger charge is -2.20. The van der Waals surface area contributed by atoms with E-state index in [2.05, 4.69) is 0 Å². The maximum atomic E-state index is 12.6. The molecule has 0 atom stereocenters. The highest BCUT2D eigenvalue weighted by Crippen LogP contribution is 2.32. The van der Waals surface area contributed by atoms with Crippen LogP contribution in [0.1, 0.15) is 24.0 Å². The van der Waals surface area contributed by atoms with Gasteiger partial charge in [-0.1, -0.05) is 6.07 Å². The second kappa shape index (κ2) is 4.55. The van der Waals surface area contributed by atoms with E-state index in [0.29, 0.717) is 28.6 Å². The van der Waals surface area contributed by atoms with E-state index in [1.807, 2.05) is 6.92 Å². The van der Waals surface area contributed by atoms with Gasteiger partial charge in [-0.2, -0.15) is 0 Å². The second-order valence-corrected chi connectivity index (χ2v) is 7.14. The van der Waals surface area contributed by atoms with Crippen molar-refractivity contribution in [1.82, 2.24) is 4.31 Å². The Balaban J connectivity index is 2.42. The van der Waals surface area contributed by atoms with Crippen LogP contribution in [-0.2, 0) is 10.0 Å². The van der Waals surface area contributed by atoms with Crippen molar-refractivity contribution in [2.45, 2.75) is 31.6 Å². The van der Waals surface area contributed by atoms with Gasteiger partial charge in [0.25, 0.3) is 0 Å². The van der Waals surface area contributed by atoms with Gasteiger partial charge in [0.15, 0.2) is 0 Å². The van der Waals surface area contributed by atoms with Gasteiger partial charge in [-0.3, -0.25) is 0 Å². The summed E-state index contributed by atoms with van der Waals surface area (Å²) in [4.78, 5) is 0.366. The van der Waals surface area contributed by atoms with Crippen molar-refractivity contribution in [2.24, 2.45) is 5.92 Å². The summed E-state index contributed by atoms with van der Waals surface area (Å²) >= 11 is 0. The monoisotopic (exact) mass is 268 g/mol. The molecule has 0 saturated heterocycles. The molecule has 1 aliphatic rings. The van der Waals surface area contributed by atoms with Crippen molar-refractivity contribution < 1.29 is 8.42 Å². The largest absolute Gasteiger partial charge is 0.398 e. The third kappa shape index (κ3) is 2.37. The molecular formula is C13H20N2O2S. The normalized spacial score (nSPS) is 16.2. The standard InChI is InChI=1S/C13H20N2O2S/c1-9-4-7-12(14)10(2)13(9)18(16,17)15(3)8-11-5-6-11/h4,7,11H,5-6,8,14H2,1-3H3. The third-order valence-electron chi connectivity index (χ3n) is 3.53. The molecule has 18 heavy (non-hydrogen) atoms. The number of benzene rings is 1. The lowest BCUT2D eigenvalue weighted by molar-refractivity contribution is 0.452. The average molecular weight is 268 g/mol. The van der Waals surface area contributed by atoms with E-state index in [-0.39, 0.29) is 0 Å². The first-order valence-corrected chi connectivity index (χ1v) is 7.60. The molecule has 0 amide bonds. The summed E-state index contributed by atoms with van der Waals surface area (Å²) in [5.74, 6) is 0.534. The Hall–Kier alpha value is -1.07. The summed E-state index contributed by atoms with van der Waals surface area (Å²) in [5, 5.41) is 0. The fraction of sp³-hybridized carbons (Fsp3) is 0.538. The number of hydrogen-bond acceptors (Lipinski definition) is 3. The maximum absolute atomic E-state index is 12.6. The van der Waals surface area contributed by atoms with Gasteiger partial charge in [-0.25, -0.2) is 12.7 Å². The lowest BCUT2D eigenvalue weighted by atomic mass is 10.1. The first kappa shape index (κ1) is 13.4. The minimum absolute atomic E-state index is 0.366. The average Bonchev–Trinajstić information content (AvgIpc) is 3.07. The van der Waals surface area contributed by atoms with Gasteiger partial charge in [-0.15, -0.1) is 0 Å². The molecule has 100 valence electrons. The van der Waals surface area contributed by atoms with Crippen molar-refractivity contribution in [3.05, 3.63) is 23.3 Å². The molecule has 2 rings (SSSR count). The Labute approximate surface area is 109 Å². The Morgan fingerprint density at radius 1 is 1.33 bits per heavy atom. The van der Waals surface area contributed by atoms with Crippen molar-refractivity contribution in [1.29, 1.82) is 0 Å². The number of nitrogens with two attached hydrogens (primary N) is 1. The first-order chi connectivity index (χ1) is 8.34. The summed E-state index contributed by atoms with van der Waals surface area (Å²) in [6.45, 7) is 4.18. The third-order valence-corrected chi connectivity index (χ3v) is 5.64. The molecule has 0 radical (unpaired) electrons. The molecule has 0 heterocycles. The number of aryl methyl sites for hydroxylation is 1. The molecule has 0 aliphatic heterocycles. The molecule has 0 spiro atoms. The molecule has 0 unspecified atom stereocenters. The maximum Gasteiger partial charge on any atom is 0.243 e. The molecule has 2 N–H and O–H groups in total. The van der Waals surface area contributed by atoms with Crippen molar-refractivity contribution in [3.63, 3.8) is 0 Å². The van der Waals surface area contributed by atoms with Crippen LogP contribution in [0.4, 0.5) is 5.69 Å². The number of anilines is 1. The SMILES string of the molecule is Cc1ccc(N)c(C)c1S(=O)(=O)N(C)CC1CC1. The topological polar surface area (TPSA) is 63.4 Å². The lowest BCUT2D eigenvalue weighted by Crippen LogP contribution is -2.30. The molecule has 4 nitrogen and oxygen atoms in total. The van der Waals surface area contributed by atoms with E-state index < -0.39 is 10.0 Å². The number of sulfonamides is 1. The zero-order valence-corrected chi connectivity index (χ0v) is 11.9. The molecule has 1 saturated carbocycles. The Morgan fingerprint density at radius 3 is 2.50 bits per heavy atom. The predicted molar refractivity (Wildman–Crippen MR) is 72.9 cm³/mol. The summed E-state index contributed by atoms with van der Waals surface area (Å²) in [5.41, 5.74) is 7.75. The summed E-state index contributed by atoms with van der Waals surface area (Å²) < 4.78 is 26.6. The molecule has 1 aromatic rings. The van der Waals surface area contributed by atoms with Crippen LogP contribution in [0.3, 0.4) is 0 Å². The van der Waals surface area contributed by atoms with E-state index in [9.17, 15) is 8.42 Å². The second-order valence-electron chi connectivity index (χ2n) is 5.15. The van der Waals surface area contributed by atoms with Gasteiger partial charge in [0, 0.05) is 19.3 Å². The van der Waals surface area contributed by atoms with Crippen molar-refractivity contribution in [3.8, 4) is 0 Å². The van der Waals surface area contributed by atoms with Crippen LogP contribution in [0.15, 0.2) is 17.0 Å². The quantitative estimate of drug-likeness (QED) is 0.848. The number of nitrogen functional groups attached to an aromatic ring is 1. The Morgan fingerprint density at radius 2 is 1.94 bits per heavy atom. The van der Waals surface area contributed by atoms with Gasteiger partial charge in [0.1, 0.15) is 0 Å². The van der Waals surface area contributed by atoms with Crippen LogP contribution < -0.4 is 5.73 Å². The van der Waals surface area contributed by atoms with E-state index >= 15 is 0 Å². The van der Waals surface area contributed by atoms with E-state index in [1.165, 1.54) is 4.31 Å². The van der Waals surface area contributed by atoms with Crippen molar-refractivity contribution >= 4 is 15.7 Å². The van der Waals surface area contributed by atoms with Gasteiger partial charge >= 0.3 is 0 Å². The summed E-state index contributed by atoms with van der Waals surface area (Å²) in [7, 11) is -1.78. The van der Waals surface area contributed by atoms with Crippen LogP contribution in [0, 0.1) is 19.8 Å². The smallest absolute Gasteiger partial charge is 0.243 e. The zero-order valence-electron chi connectivity index (χ0n) is 11.1. The van der Waals surface area contributed by atoms with Crippen LogP contribution >= 0.6 is 0 Å². The molecular weight excluding hydrogens is 248 g/mol. The zero-order chi connectivity index (χ0) is 13.5. The van der Waals surface area contributed by atoms with Gasteiger partial charge in [0.2, 0.25) is 10.0 Å². The van der Waals surface area contributed by atoms with Crippen molar-refractivity contribution in [2.75, 3.05) is 19.3 Å². The molecule has 5 heteroatoms. The van der Waals surface area contributed by atoms with Gasteiger partial charge < -0.3 is 5.73 Å². The van der Waals surface area contributed by atoms with Gasteiger partial charge in [0.05, 0.1) is 4.90 Å². The fourth-order valence-corrected chi connectivity index (χ4v) is 3.86. The van der Waals surface area contributed by atoms with E-state index in [4.69, 9.17) is 5.73 Å². The van der Waals surface area contributed by atoms with Crippen LogP contribution in [0.25, 0.3) is 0 Å².